The van der Waals surface area contributed by atoms with Gasteiger partial charge in [0, 0.05) is 13.0 Å². The Morgan fingerprint density at radius 2 is 2.06 bits per heavy atom. The molecule has 2 heterocycles. The predicted molar refractivity (Wildman–Crippen MR) is 148 cm³/mol. The zero-order valence-electron chi connectivity index (χ0n) is 20.5. The molecule has 4 rings (SSSR count). The van der Waals surface area contributed by atoms with Crippen LogP contribution in [0.2, 0.25) is 0 Å². The smallest absolute Gasteiger partial charge is 0.266 e. The van der Waals surface area contributed by atoms with E-state index in [9.17, 15) is 9.59 Å². The van der Waals surface area contributed by atoms with Gasteiger partial charge in [-0.3, -0.25) is 14.5 Å². The van der Waals surface area contributed by atoms with Crippen molar-refractivity contribution in [2.45, 2.75) is 64.4 Å². The van der Waals surface area contributed by atoms with Gasteiger partial charge in [0.2, 0.25) is 11.0 Å². The van der Waals surface area contributed by atoms with Crippen LogP contribution in [0.25, 0.3) is 6.08 Å². The highest BCUT2D eigenvalue weighted by molar-refractivity contribution is 8.26. The number of aryl methyl sites for hydroxylation is 1. The third kappa shape index (κ3) is 6.83. The molecule has 1 saturated carbocycles. The molecule has 0 spiro atoms. The van der Waals surface area contributed by atoms with Crippen LogP contribution in [0, 0.1) is 0 Å². The average Bonchev–Trinajstić information content (AvgIpc) is 3.44. The first-order chi connectivity index (χ1) is 17.5. The van der Waals surface area contributed by atoms with Crippen molar-refractivity contribution in [1.29, 1.82) is 0 Å². The van der Waals surface area contributed by atoms with E-state index >= 15 is 0 Å². The minimum Gasteiger partial charge on any atom is -0.493 e. The lowest BCUT2D eigenvalue weighted by Gasteiger charge is -2.24. The first-order valence-electron chi connectivity index (χ1n) is 12.2. The molecule has 2 aliphatic rings. The zero-order chi connectivity index (χ0) is 25.5. The van der Waals surface area contributed by atoms with E-state index < -0.39 is 0 Å². The lowest BCUT2D eigenvalue weighted by Crippen LogP contribution is -2.29. The van der Waals surface area contributed by atoms with Gasteiger partial charge in [-0.15, -0.1) is 10.2 Å². The van der Waals surface area contributed by atoms with Gasteiger partial charge in [0.15, 0.2) is 11.5 Å². The van der Waals surface area contributed by atoms with Crippen molar-refractivity contribution in [1.82, 2.24) is 15.1 Å². The molecular formula is C25H30N4O4S3. The summed E-state index contributed by atoms with van der Waals surface area (Å²) >= 11 is 8.07. The molecular weight excluding hydrogens is 517 g/mol. The van der Waals surface area contributed by atoms with Crippen LogP contribution in [-0.2, 0) is 16.0 Å². The molecule has 1 aliphatic heterocycles. The lowest BCUT2D eigenvalue weighted by atomic mass is 9.98. The van der Waals surface area contributed by atoms with Gasteiger partial charge < -0.3 is 14.8 Å². The highest BCUT2D eigenvalue weighted by atomic mass is 32.2. The van der Waals surface area contributed by atoms with E-state index in [1.54, 1.807) is 12.0 Å². The summed E-state index contributed by atoms with van der Waals surface area (Å²) in [7, 11) is 1.62. The SMILES string of the molecule is CCc1nnc(NC(=O)CCCN2C(=O)/C(=C/c3ccc(OC4CCCCC4)c(OC)c3)SC2=S)s1. The van der Waals surface area contributed by atoms with Crippen LogP contribution >= 0.6 is 35.3 Å². The fourth-order valence-corrected chi connectivity index (χ4v) is 6.11. The molecule has 0 unspecified atom stereocenters. The Hall–Kier alpha value is -2.50. The summed E-state index contributed by atoms with van der Waals surface area (Å²) in [6.45, 7) is 2.37. The quantitative estimate of drug-likeness (QED) is 0.311. The zero-order valence-corrected chi connectivity index (χ0v) is 22.9. The lowest BCUT2D eigenvalue weighted by molar-refractivity contribution is -0.122. The number of thiocarbonyl (C=S) groups is 1. The van der Waals surface area contributed by atoms with Crippen molar-refractivity contribution in [3.8, 4) is 11.5 Å². The summed E-state index contributed by atoms with van der Waals surface area (Å²) in [6.07, 6.45) is 9.37. The molecule has 36 heavy (non-hydrogen) atoms. The van der Waals surface area contributed by atoms with Crippen molar-refractivity contribution in [3.63, 3.8) is 0 Å². The van der Waals surface area contributed by atoms with Gasteiger partial charge in [0.05, 0.1) is 18.1 Å². The number of nitrogens with one attached hydrogen (secondary N) is 1. The van der Waals surface area contributed by atoms with E-state index in [4.69, 9.17) is 21.7 Å². The number of carbonyl (C=O) groups excluding carboxylic acids is 2. The van der Waals surface area contributed by atoms with Gasteiger partial charge in [-0.25, -0.2) is 0 Å². The van der Waals surface area contributed by atoms with Crippen LogP contribution < -0.4 is 14.8 Å². The second-order valence-corrected chi connectivity index (χ2v) is 11.4. The molecule has 2 amide bonds. The molecule has 1 saturated heterocycles. The van der Waals surface area contributed by atoms with E-state index in [0.717, 1.165) is 35.6 Å². The van der Waals surface area contributed by atoms with Crippen LogP contribution in [0.4, 0.5) is 5.13 Å². The summed E-state index contributed by atoms with van der Waals surface area (Å²) in [5.41, 5.74) is 0.839. The third-order valence-corrected chi connectivity index (χ3v) is 8.37. The number of aromatic nitrogens is 2. The number of benzene rings is 1. The molecule has 2 aromatic rings. The Morgan fingerprint density at radius 3 is 2.78 bits per heavy atom. The maximum atomic E-state index is 13.0. The number of thioether (sulfide) groups is 1. The van der Waals surface area contributed by atoms with E-state index in [2.05, 4.69) is 15.5 Å². The molecule has 192 valence electrons. The number of carbonyl (C=O) groups is 2. The topological polar surface area (TPSA) is 93.7 Å². The van der Waals surface area contributed by atoms with Gasteiger partial charge in [-0.05, 0) is 62.3 Å². The molecule has 1 aromatic carbocycles. The van der Waals surface area contributed by atoms with Crippen LogP contribution in [0.15, 0.2) is 23.1 Å². The van der Waals surface area contributed by atoms with Crippen molar-refractivity contribution >= 4 is 62.7 Å². The number of methoxy groups -OCH3 is 1. The van der Waals surface area contributed by atoms with Gasteiger partial charge in [0.25, 0.3) is 5.91 Å². The first kappa shape index (κ1) is 26.6. The number of ether oxygens (including phenoxy) is 2. The second-order valence-electron chi connectivity index (χ2n) is 8.63. The van der Waals surface area contributed by atoms with Crippen molar-refractivity contribution in [2.75, 3.05) is 19.0 Å². The van der Waals surface area contributed by atoms with Gasteiger partial charge in [-0.2, -0.15) is 0 Å². The van der Waals surface area contributed by atoms with Gasteiger partial charge in [-0.1, -0.05) is 54.7 Å². The Morgan fingerprint density at radius 1 is 1.25 bits per heavy atom. The standard InChI is InChI=1S/C25H30N4O4S3/c1-3-22-27-28-24(36-22)26-21(30)10-7-13-29-23(31)20(35-25(29)34)15-16-11-12-18(19(14-16)32-2)33-17-8-5-4-6-9-17/h11-12,14-15,17H,3-10,13H2,1-2H3,(H,26,28,30)/b20-15-. The highest BCUT2D eigenvalue weighted by Crippen LogP contribution is 2.36. The summed E-state index contributed by atoms with van der Waals surface area (Å²) in [5, 5.41) is 12.1. The largest absolute Gasteiger partial charge is 0.493 e. The minimum absolute atomic E-state index is 0.149. The molecule has 0 bridgehead atoms. The van der Waals surface area contributed by atoms with E-state index in [0.29, 0.717) is 33.1 Å². The number of hydrogen-bond acceptors (Lipinski definition) is 9. The first-order valence-corrected chi connectivity index (χ1v) is 14.2. The summed E-state index contributed by atoms with van der Waals surface area (Å²) < 4.78 is 12.2. The molecule has 11 heteroatoms. The Bertz CT molecular complexity index is 1140. The molecule has 0 atom stereocenters. The molecule has 0 radical (unpaired) electrons. The van der Waals surface area contributed by atoms with Crippen molar-refractivity contribution < 1.29 is 19.1 Å². The molecule has 1 N–H and O–H groups in total. The number of hydrogen-bond donors (Lipinski definition) is 1. The third-order valence-electron chi connectivity index (χ3n) is 6.01. The van der Waals surface area contributed by atoms with E-state index in [1.165, 1.54) is 42.4 Å². The Balaban J connectivity index is 1.32. The summed E-state index contributed by atoms with van der Waals surface area (Å²) in [4.78, 5) is 27.3. The predicted octanol–water partition coefficient (Wildman–Crippen LogP) is 5.44. The van der Waals surface area contributed by atoms with Crippen molar-refractivity contribution in [3.05, 3.63) is 33.7 Å². The van der Waals surface area contributed by atoms with Crippen LogP contribution in [0.3, 0.4) is 0 Å². The number of rotatable bonds is 10. The Labute approximate surface area is 224 Å². The van der Waals surface area contributed by atoms with Crippen LogP contribution in [0.5, 0.6) is 11.5 Å². The maximum absolute atomic E-state index is 13.0. The van der Waals surface area contributed by atoms with E-state index in [-0.39, 0.29) is 24.3 Å². The van der Waals surface area contributed by atoms with Crippen LogP contribution in [-0.4, -0.2) is 51.0 Å². The second kappa shape index (κ2) is 12.6. The average molecular weight is 547 g/mol. The summed E-state index contributed by atoms with van der Waals surface area (Å²) in [6, 6.07) is 5.71. The minimum atomic E-state index is -0.155. The monoisotopic (exact) mass is 546 g/mol. The van der Waals surface area contributed by atoms with E-state index in [1.807, 2.05) is 31.2 Å². The Kier molecular flexibility index (Phi) is 9.33. The highest BCUT2D eigenvalue weighted by Gasteiger charge is 2.31. The molecule has 1 aromatic heterocycles. The van der Waals surface area contributed by atoms with Crippen LogP contribution in [0.1, 0.15) is 62.4 Å². The summed E-state index contributed by atoms with van der Waals surface area (Å²) in [5.74, 6) is 1.07. The molecule has 2 fully saturated rings. The number of amides is 2. The van der Waals surface area contributed by atoms with Crippen molar-refractivity contribution in [2.24, 2.45) is 0 Å². The molecule has 8 nitrogen and oxygen atoms in total. The normalized spacial score (nSPS) is 17.6. The molecule has 1 aliphatic carbocycles. The number of nitrogens with zero attached hydrogens (tertiary/aromatic N) is 3. The fourth-order valence-electron chi connectivity index (χ4n) is 4.10. The fraction of sp³-hybridized carbons (Fsp3) is 0.480. The van der Waals surface area contributed by atoms with Gasteiger partial charge in [0.1, 0.15) is 9.33 Å². The van der Waals surface area contributed by atoms with Gasteiger partial charge >= 0.3 is 0 Å². The number of anilines is 1. The maximum Gasteiger partial charge on any atom is 0.266 e.